The van der Waals surface area contributed by atoms with Crippen LogP contribution in [0.25, 0.3) is 0 Å². The molecule has 1 saturated carbocycles. The molecule has 0 amide bonds. The summed E-state index contributed by atoms with van der Waals surface area (Å²) in [7, 11) is 3.45. The lowest BCUT2D eigenvalue weighted by Gasteiger charge is -2.17. The second-order valence-corrected chi connectivity index (χ2v) is 5.74. The summed E-state index contributed by atoms with van der Waals surface area (Å²) in [5, 5.41) is 7.57. The zero-order valence-electron chi connectivity index (χ0n) is 13.2. The fourth-order valence-corrected chi connectivity index (χ4v) is 2.90. The molecular weight excluding hydrogens is 413 g/mol. The Morgan fingerprint density at radius 3 is 2.68 bits per heavy atom. The van der Waals surface area contributed by atoms with Crippen molar-refractivity contribution in [3.63, 3.8) is 0 Å². The van der Waals surface area contributed by atoms with E-state index in [1.165, 1.54) is 25.7 Å². The van der Waals surface area contributed by atoms with Gasteiger partial charge in [0.25, 0.3) is 0 Å². The molecule has 0 heterocycles. The number of nitrogens with one attached hydrogen (secondary N) is 2. The van der Waals surface area contributed by atoms with Crippen molar-refractivity contribution in [3.05, 3.63) is 28.8 Å². The molecular formula is C16H25ClIN3O. The van der Waals surface area contributed by atoms with Gasteiger partial charge in [0.05, 0.1) is 7.11 Å². The van der Waals surface area contributed by atoms with Gasteiger partial charge in [0.15, 0.2) is 5.96 Å². The number of methoxy groups -OCH3 is 1. The molecule has 0 aromatic heterocycles. The Labute approximate surface area is 155 Å². The van der Waals surface area contributed by atoms with Crippen LogP contribution in [0.15, 0.2) is 23.2 Å². The SMILES string of the molecule is CN=C(NCCc1ccc(OC)cc1Cl)NC1CCCC1.I. The molecule has 2 N–H and O–H groups in total. The minimum atomic E-state index is 0. The number of benzene rings is 1. The third-order valence-corrected chi connectivity index (χ3v) is 4.22. The second kappa shape index (κ2) is 10.2. The van der Waals surface area contributed by atoms with Crippen LogP contribution in [0.2, 0.25) is 5.02 Å². The van der Waals surface area contributed by atoms with Gasteiger partial charge in [0, 0.05) is 24.7 Å². The van der Waals surface area contributed by atoms with E-state index in [2.05, 4.69) is 15.6 Å². The van der Waals surface area contributed by atoms with Crippen LogP contribution in [0.4, 0.5) is 0 Å². The minimum Gasteiger partial charge on any atom is -0.497 e. The first-order valence-corrected chi connectivity index (χ1v) is 7.90. The molecule has 1 fully saturated rings. The molecule has 1 aromatic rings. The molecule has 0 atom stereocenters. The fraction of sp³-hybridized carbons (Fsp3) is 0.562. The smallest absolute Gasteiger partial charge is 0.191 e. The van der Waals surface area contributed by atoms with E-state index in [1.54, 1.807) is 7.11 Å². The Balaban J connectivity index is 0.00000242. The van der Waals surface area contributed by atoms with E-state index in [0.717, 1.165) is 35.3 Å². The predicted octanol–water partition coefficient (Wildman–Crippen LogP) is 3.62. The van der Waals surface area contributed by atoms with Gasteiger partial charge in [0.2, 0.25) is 0 Å². The van der Waals surface area contributed by atoms with Crippen molar-refractivity contribution in [1.29, 1.82) is 0 Å². The number of hydrogen-bond acceptors (Lipinski definition) is 2. The molecule has 0 radical (unpaired) electrons. The van der Waals surface area contributed by atoms with Crippen molar-refractivity contribution in [1.82, 2.24) is 10.6 Å². The zero-order valence-corrected chi connectivity index (χ0v) is 16.3. The number of nitrogens with zero attached hydrogens (tertiary/aromatic N) is 1. The van der Waals surface area contributed by atoms with Crippen LogP contribution < -0.4 is 15.4 Å². The number of guanidine groups is 1. The molecule has 0 unspecified atom stereocenters. The third kappa shape index (κ3) is 5.83. The number of rotatable bonds is 5. The van der Waals surface area contributed by atoms with Gasteiger partial charge in [-0.15, -0.1) is 24.0 Å². The van der Waals surface area contributed by atoms with Gasteiger partial charge in [-0.2, -0.15) is 0 Å². The van der Waals surface area contributed by atoms with Gasteiger partial charge in [-0.1, -0.05) is 30.5 Å². The van der Waals surface area contributed by atoms with Gasteiger partial charge < -0.3 is 15.4 Å². The highest BCUT2D eigenvalue weighted by molar-refractivity contribution is 14.0. The summed E-state index contributed by atoms with van der Waals surface area (Å²) in [5.41, 5.74) is 1.11. The molecule has 0 aliphatic heterocycles. The van der Waals surface area contributed by atoms with E-state index in [-0.39, 0.29) is 24.0 Å². The standard InChI is InChI=1S/C16H24ClN3O.HI/c1-18-16(20-13-5-3-4-6-13)19-10-9-12-7-8-14(21-2)11-15(12)17;/h7-8,11,13H,3-6,9-10H2,1-2H3,(H2,18,19,20);1H. The van der Waals surface area contributed by atoms with Gasteiger partial charge in [0.1, 0.15) is 5.75 Å². The van der Waals surface area contributed by atoms with Gasteiger partial charge in [-0.05, 0) is 37.0 Å². The number of ether oxygens (including phenoxy) is 1. The minimum absolute atomic E-state index is 0. The molecule has 4 nitrogen and oxygen atoms in total. The quantitative estimate of drug-likeness (QED) is 0.420. The Morgan fingerprint density at radius 1 is 1.36 bits per heavy atom. The van der Waals surface area contributed by atoms with Crippen LogP contribution in [0.3, 0.4) is 0 Å². The summed E-state index contributed by atoms with van der Waals surface area (Å²) in [6.45, 7) is 0.804. The van der Waals surface area contributed by atoms with Crippen molar-refractivity contribution < 1.29 is 4.74 Å². The Hall–Kier alpha value is -0.690. The lowest BCUT2D eigenvalue weighted by molar-refractivity contribution is 0.414. The van der Waals surface area contributed by atoms with Gasteiger partial charge in [-0.3, -0.25) is 4.99 Å². The monoisotopic (exact) mass is 437 g/mol. The van der Waals surface area contributed by atoms with E-state index in [4.69, 9.17) is 16.3 Å². The topological polar surface area (TPSA) is 45.7 Å². The van der Waals surface area contributed by atoms with E-state index in [1.807, 2.05) is 25.2 Å². The molecule has 1 aliphatic carbocycles. The zero-order chi connectivity index (χ0) is 15.1. The van der Waals surface area contributed by atoms with E-state index in [9.17, 15) is 0 Å². The summed E-state index contributed by atoms with van der Waals surface area (Å²) in [6.07, 6.45) is 5.97. The first kappa shape index (κ1) is 19.4. The summed E-state index contributed by atoms with van der Waals surface area (Å²) >= 11 is 6.24. The lowest BCUT2D eigenvalue weighted by atomic mass is 10.1. The van der Waals surface area contributed by atoms with E-state index >= 15 is 0 Å². The van der Waals surface area contributed by atoms with Crippen molar-refractivity contribution in [2.24, 2.45) is 4.99 Å². The largest absolute Gasteiger partial charge is 0.497 e. The lowest BCUT2D eigenvalue weighted by Crippen LogP contribution is -2.43. The third-order valence-electron chi connectivity index (χ3n) is 3.87. The van der Waals surface area contributed by atoms with Crippen LogP contribution >= 0.6 is 35.6 Å². The summed E-state index contributed by atoms with van der Waals surface area (Å²) in [5.74, 6) is 1.67. The summed E-state index contributed by atoms with van der Waals surface area (Å²) in [4.78, 5) is 4.27. The summed E-state index contributed by atoms with van der Waals surface area (Å²) in [6, 6.07) is 6.37. The number of halogens is 2. The van der Waals surface area contributed by atoms with Crippen LogP contribution in [-0.4, -0.2) is 32.7 Å². The maximum atomic E-state index is 6.24. The molecule has 0 spiro atoms. The van der Waals surface area contributed by atoms with Gasteiger partial charge >= 0.3 is 0 Å². The van der Waals surface area contributed by atoms with Crippen molar-refractivity contribution in [2.45, 2.75) is 38.1 Å². The molecule has 1 aromatic carbocycles. The van der Waals surface area contributed by atoms with Crippen LogP contribution in [-0.2, 0) is 6.42 Å². The highest BCUT2D eigenvalue weighted by Crippen LogP contribution is 2.22. The highest BCUT2D eigenvalue weighted by Gasteiger charge is 2.15. The molecule has 0 saturated heterocycles. The molecule has 6 heteroatoms. The summed E-state index contributed by atoms with van der Waals surface area (Å²) < 4.78 is 5.16. The Kier molecular flexibility index (Phi) is 8.93. The fourth-order valence-electron chi connectivity index (χ4n) is 2.63. The first-order chi connectivity index (χ1) is 10.2. The molecule has 22 heavy (non-hydrogen) atoms. The van der Waals surface area contributed by atoms with E-state index in [0.29, 0.717) is 6.04 Å². The van der Waals surface area contributed by atoms with Crippen molar-refractivity contribution in [2.75, 3.05) is 20.7 Å². The maximum absolute atomic E-state index is 6.24. The molecule has 2 rings (SSSR count). The van der Waals surface area contributed by atoms with Crippen LogP contribution in [0.1, 0.15) is 31.2 Å². The average Bonchev–Trinajstić information content (AvgIpc) is 3.00. The number of aliphatic imine (C=N–C) groups is 1. The van der Waals surface area contributed by atoms with Gasteiger partial charge in [-0.25, -0.2) is 0 Å². The molecule has 1 aliphatic rings. The second-order valence-electron chi connectivity index (χ2n) is 5.33. The van der Waals surface area contributed by atoms with Crippen molar-refractivity contribution in [3.8, 4) is 5.75 Å². The number of hydrogen-bond donors (Lipinski definition) is 2. The van der Waals surface area contributed by atoms with E-state index < -0.39 is 0 Å². The predicted molar refractivity (Wildman–Crippen MR) is 104 cm³/mol. The Morgan fingerprint density at radius 2 is 2.09 bits per heavy atom. The first-order valence-electron chi connectivity index (χ1n) is 7.52. The van der Waals surface area contributed by atoms with Crippen molar-refractivity contribution >= 4 is 41.5 Å². The normalized spacial score (nSPS) is 15.3. The maximum Gasteiger partial charge on any atom is 0.191 e. The Bertz CT molecular complexity index is 490. The molecule has 0 bridgehead atoms. The highest BCUT2D eigenvalue weighted by atomic mass is 127. The molecule has 124 valence electrons. The van der Waals surface area contributed by atoms with Crippen LogP contribution in [0, 0.1) is 0 Å². The van der Waals surface area contributed by atoms with Crippen LogP contribution in [0.5, 0.6) is 5.75 Å². The average molecular weight is 438 g/mol.